The zero-order valence-electron chi connectivity index (χ0n) is 25.1. The number of nitrogens with one attached hydrogen (secondary N) is 2. The maximum atomic E-state index is 11.9. The number of ether oxygens (including phenoxy) is 1. The van der Waals surface area contributed by atoms with Crippen LogP contribution in [0.2, 0.25) is 5.02 Å². The lowest BCUT2D eigenvalue weighted by Crippen LogP contribution is -2.49. The Morgan fingerprint density at radius 1 is 1.09 bits per heavy atom. The quantitative estimate of drug-likeness (QED) is 0.231. The summed E-state index contributed by atoms with van der Waals surface area (Å²) in [5.41, 5.74) is 8.78. The van der Waals surface area contributed by atoms with E-state index < -0.39 is 0 Å². The minimum absolute atomic E-state index is 0.0544. The third-order valence-electron chi connectivity index (χ3n) is 8.20. The van der Waals surface area contributed by atoms with Gasteiger partial charge in [0.05, 0.1) is 36.9 Å². The molecule has 0 bridgehead atoms. The Hall–Kier alpha value is -3.65. The number of methoxy groups -OCH3 is 1. The Bertz CT molecular complexity index is 1450. The van der Waals surface area contributed by atoms with Gasteiger partial charge in [0.2, 0.25) is 11.9 Å². The van der Waals surface area contributed by atoms with Gasteiger partial charge in [-0.2, -0.15) is 4.98 Å². The van der Waals surface area contributed by atoms with Gasteiger partial charge in [-0.15, -0.1) is 0 Å². The summed E-state index contributed by atoms with van der Waals surface area (Å²) in [5.74, 6) is 2.11. The summed E-state index contributed by atoms with van der Waals surface area (Å²) in [7, 11) is 3.37. The molecule has 3 heterocycles. The van der Waals surface area contributed by atoms with Crippen LogP contribution in [0.4, 0.5) is 34.5 Å². The largest absolute Gasteiger partial charge is 0.494 e. The molecule has 236 valence electrons. The zero-order chi connectivity index (χ0) is 31.1. The summed E-state index contributed by atoms with van der Waals surface area (Å²) in [6.45, 7) is 6.64. The van der Waals surface area contributed by atoms with Crippen LogP contribution in [0.5, 0.6) is 5.75 Å². The summed E-state index contributed by atoms with van der Waals surface area (Å²) in [4.78, 5) is 27.6. The molecule has 3 aromatic rings. The molecule has 0 unspecified atom stereocenters. The van der Waals surface area contributed by atoms with Crippen molar-refractivity contribution in [1.82, 2.24) is 19.8 Å². The van der Waals surface area contributed by atoms with Crippen LogP contribution in [0.3, 0.4) is 0 Å². The van der Waals surface area contributed by atoms with Gasteiger partial charge >= 0.3 is 0 Å². The molecule has 2 aliphatic rings. The van der Waals surface area contributed by atoms with Crippen LogP contribution in [0.25, 0.3) is 0 Å². The number of piperazine rings is 1. The maximum Gasteiger partial charge on any atom is 0.236 e. The maximum absolute atomic E-state index is 11.9. The highest BCUT2D eigenvalue weighted by Gasteiger charge is 2.26. The molecule has 44 heavy (non-hydrogen) atoms. The second kappa shape index (κ2) is 14.9. The molecule has 2 aromatic carbocycles. The summed E-state index contributed by atoms with van der Waals surface area (Å²) >= 11 is 6.29. The standard InChI is InChI=1S/C30H40ClN9O3S/c1-37(44-42)26-6-4-3-5-24(26)34-29-23(31)19-33-30(36-29)35-25-8-7-22(17-27(25)43-2)39-15-13-38(14-16-39)20-21-9-11-40(12-10-21)28(41)18-32/h3-8,17,19,21,44H,9-16,18,20,32H2,1-2H3,(H2,33,34,35,36). The number of carbonyl (C=O) groups is 1. The highest BCUT2D eigenvalue weighted by Crippen LogP contribution is 2.34. The van der Waals surface area contributed by atoms with Crippen LogP contribution >= 0.6 is 11.6 Å². The lowest BCUT2D eigenvalue weighted by Gasteiger charge is -2.39. The van der Waals surface area contributed by atoms with Gasteiger partial charge in [-0.3, -0.25) is 14.0 Å². The molecule has 0 spiro atoms. The second-order valence-electron chi connectivity index (χ2n) is 11.0. The first-order valence-electron chi connectivity index (χ1n) is 14.7. The van der Waals surface area contributed by atoms with Gasteiger partial charge in [-0.1, -0.05) is 23.7 Å². The van der Waals surface area contributed by atoms with Crippen molar-refractivity contribution in [2.75, 3.05) is 86.4 Å². The summed E-state index contributed by atoms with van der Waals surface area (Å²) in [6, 6.07) is 13.5. The van der Waals surface area contributed by atoms with Crippen molar-refractivity contribution in [3.63, 3.8) is 0 Å². The number of nitrogens with two attached hydrogens (primary N) is 1. The SMILES string of the molecule is COc1cc(N2CCN(CC3CCN(C(=O)CN)CC3)CC2)ccc1Nc1ncc(Cl)c(Nc2ccccc2N(C)[SH]=O)n1. The van der Waals surface area contributed by atoms with E-state index in [1.54, 1.807) is 18.5 Å². The fourth-order valence-electron chi connectivity index (χ4n) is 5.70. The van der Waals surface area contributed by atoms with Crippen molar-refractivity contribution >= 4 is 63.9 Å². The molecule has 2 aliphatic heterocycles. The van der Waals surface area contributed by atoms with Crippen LogP contribution in [0.1, 0.15) is 12.8 Å². The zero-order valence-corrected chi connectivity index (χ0v) is 26.7. The molecule has 0 radical (unpaired) electrons. The van der Waals surface area contributed by atoms with Gasteiger partial charge in [0.1, 0.15) is 22.6 Å². The molecule has 4 N–H and O–H groups in total. The summed E-state index contributed by atoms with van der Waals surface area (Å²) in [5, 5.41) is 6.84. The Morgan fingerprint density at radius 3 is 2.55 bits per heavy atom. The van der Waals surface area contributed by atoms with E-state index in [2.05, 4.69) is 36.5 Å². The van der Waals surface area contributed by atoms with Crippen molar-refractivity contribution in [3.8, 4) is 5.75 Å². The number of thiol groups is 1. The number of piperidine rings is 1. The molecule has 12 nitrogen and oxygen atoms in total. The van der Waals surface area contributed by atoms with E-state index in [1.165, 1.54) is 6.20 Å². The number of para-hydroxylation sites is 2. The molecular formula is C30H40ClN9O3S. The normalized spacial score (nSPS) is 16.1. The highest BCUT2D eigenvalue weighted by molar-refractivity contribution is 7.67. The van der Waals surface area contributed by atoms with Crippen LogP contribution in [0.15, 0.2) is 48.7 Å². The molecule has 0 saturated carbocycles. The van der Waals surface area contributed by atoms with E-state index in [0.717, 1.165) is 75.7 Å². The van der Waals surface area contributed by atoms with E-state index in [1.807, 2.05) is 41.3 Å². The molecular weight excluding hydrogens is 602 g/mol. The minimum atomic E-state index is -0.132. The average Bonchev–Trinajstić information content (AvgIpc) is 3.06. The first-order chi connectivity index (χ1) is 21.4. The third-order valence-corrected chi connectivity index (χ3v) is 8.94. The predicted octanol–water partition coefficient (Wildman–Crippen LogP) is 3.24. The van der Waals surface area contributed by atoms with Gasteiger partial charge in [-0.25, -0.2) is 9.19 Å². The van der Waals surface area contributed by atoms with E-state index in [-0.39, 0.29) is 24.3 Å². The van der Waals surface area contributed by atoms with Crippen LogP contribution < -0.4 is 30.3 Å². The monoisotopic (exact) mass is 641 g/mol. The van der Waals surface area contributed by atoms with Gasteiger partial charge in [0.15, 0.2) is 5.82 Å². The molecule has 1 aromatic heterocycles. The van der Waals surface area contributed by atoms with Gasteiger partial charge < -0.3 is 30.9 Å². The number of hydrogen-bond donors (Lipinski definition) is 4. The van der Waals surface area contributed by atoms with Crippen LogP contribution in [-0.4, -0.2) is 96.4 Å². The van der Waals surface area contributed by atoms with Gasteiger partial charge in [-0.05, 0) is 43.0 Å². The molecule has 0 atom stereocenters. The van der Waals surface area contributed by atoms with Crippen LogP contribution in [0, 0.1) is 5.92 Å². The molecule has 14 heteroatoms. The Labute approximate surface area is 267 Å². The van der Waals surface area contributed by atoms with E-state index in [4.69, 9.17) is 22.1 Å². The fourth-order valence-corrected chi connectivity index (χ4v) is 6.10. The average molecular weight is 642 g/mol. The lowest BCUT2D eigenvalue weighted by molar-refractivity contribution is -0.131. The van der Waals surface area contributed by atoms with E-state index in [9.17, 15) is 9.00 Å². The Morgan fingerprint density at radius 2 is 1.84 bits per heavy atom. The van der Waals surface area contributed by atoms with Crippen molar-refractivity contribution in [3.05, 3.63) is 53.7 Å². The highest BCUT2D eigenvalue weighted by atomic mass is 35.5. The van der Waals surface area contributed by atoms with Crippen molar-refractivity contribution in [2.45, 2.75) is 12.8 Å². The number of carbonyl (C=O) groups excluding carboxylic acids is 1. The molecule has 5 rings (SSSR count). The number of halogens is 1. The lowest BCUT2D eigenvalue weighted by atomic mass is 9.96. The third kappa shape index (κ3) is 7.70. The van der Waals surface area contributed by atoms with E-state index >= 15 is 0 Å². The number of rotatable bonds is 11. The topological polar surface area (TPSA) is 132 Å². The fraction of sp³-hybridized carbons (Fsp3) is 0.433. The smallest absolute Gasteiger partial charge is 0.236 e. The minimum Gasteiger partial charge on any atom is -0.494 e. The Kier molecular flexibility index (Phi) is 10.7. The van der Waals surface area contributed by atoms with Crippen molar-refractivity contribution in [1.29, 1.82) is 0 Å². The number of benzene rings is 2. The van der Waals surface area contributed by atoms with Gasteiger partial charge in [0.25, 0.3) is 0 Å². The summed E-state index contributed by atoms with van der Waals surface area (Å²) in [6.07, 6.45) is 3.61. The predicted molar refractivity (Wildman–Crippen MR) is 178 cm³/mol. The number of nitrogens with zero attached hydrogens (tertiary/aromatic N) is 6. The second-order valence-corrected chi connectivity index (χ2v) is 12.1. The number of likely N-dealkylation sites (tertiary alicyclic amines) is 1. The number of amides is 1. The number of aromatic nitrogens is 2. The molecule has 2 fully saturated rings. The number of hydrogen-bond acceptors (Lipinski definition) is 10. The molecule has 2 saturated heterocycles. The molecule has 1 amide bonds. The summed E-state index contributed by atoms with van der Waals surface area (Å²) < 4.78 is 18.8. The van der Waals surface area contributed by atoms with Crippen molar-refractivity contribution < 1.29 is 13.7 Å². The van der Waals surface area contributed by atoms with Crippen molar-refractivity contribution in [2.24, 2.45) is 11.7 Å². The van der Waals surface area contributed by atoms with Gasteiger partial charge in [0, 0.05) is 64.6 Å². The number of anilines is 6. The molecule has 0 aliphatic carbocycles. The Balaban J connectivity index is 1.19. The van der Waals surface area contributed by atoms with Crippen LogP contribution in [-0.2, 0) is 16.6 Å². The first-order valence-corrected chi connectivity index (χ1v) is 15.9. The first kappa shape index (κ1) is 31.8. The van der Waals surface area contributed by atoms with E-state index in [0.29, 0.717) is 34.1 Å².